The van der Waals surface area contributed by atoms with E-state index in [1.807, 2.05) is 19.9 Å². The van der Waals surface area contributed by atoms with E-state index in [0.717, 1.165) is 15.9 Å². The van der Waals surface area contributed by atoms with E-state index in [4.69, 9.17) is 0 Å². The number of rotatable bonds is 7. The number of carbonyl (C=O) groups excluding carboxylic acids is 1. The van der Waals surface area contributed by atoms with Gasteiger partial charge < -0.3 is 10.1 Å². The minimum atomic E-state index is -2.91. The van der Waals surface area contributed by atoms with E-state index in [1.54, 1.807) is 16.8 Å². The van der Waals surface area contributed by atoms with Crippen LogP contribution in [0.4, 0.5) is 8.78 Å². The third kappa shape index (κ3) is 5.30. The number of aryl methyl sites for hydroxylation is 3. The summed E-state index contributed by atoms with van der Waals surface area (Å²) in [4.78, 5) is 12.0. The number of nitrogens with one attached hydrogen (secondary N) is 1. The molecule has 1 aromatic carbocycles. The average Bonchev–Trinajstić information content (AvgIpc) is 2.82. The van der Waals surface area contributed by atoms with Crippen LogP contribution in [0.25, 0.3) is 0 Å². The van der Waals surface area contributed by atoms with Crippen molar-refractivity contribution in [2.45, 2.75) is 40.0 Å². The first-order valence-corrected chi connectivity index (χ1v) is 8.15. The molecule has 0 saturated heterocycles. The van der Waals surface area contributed by atoms with Crippen molar-refractivity contribution in [3.63, 3.8) is 0 Å². The molecule has 0 aliphatic rings. The molecule has 0 spiro atoms. The molecule has 130 valence electrons. The van der Waals surface area contributed by atoms with Crippen LogP contribution in [0.1, 0.15) is 23.4 Å². The van der Waals surface area contributed by atoms with Gasteiger partial charge in [0.15, 0.2) is 0 Å². The van der Waals surface area contributed by atoms with Gasteiger partial charge in [0.1, 0.15) is 5.75 Å². The summed E-state index contributed by atoms with van der Waals surface area (Å²) in [6.07, 6.45) is 0.251. The maximum Gasteiger partial charge on any atom is 0.387 e. The number of benzene rings is 1. The highest BCUT2D eigenvalue weighted by molar-refractivity contribution is 9.10. The molecule has 2 rings (SSSR count). The normalized spacial score (nSPS) is 10.9. The number of hydrogen-bond acceptors (Lipinski definition) is 3. The van der Waals surface area contributed by atoms with E-state index in [-0.39, 0.29) is 24.6 Å². The Hall–Kier alpha value is -1.96. The van der Waals surface area contributed by atoms with Crippen LogP contribution in [0, 0.1) is 13.8 Å². The summed E-state index contributed by atoms with van der Waals surface area (Å²) in [6.45, 7) is 1.47. The molecule has 0 fully saturated rings. The van der Waals surface area contributed by atoms with Crippen LogP contribution in [-0.2, 0) is 17.9 Å². The Bertz CT molecular complexity index is 719. The smallest absolute Gasteiger partial charge is 0.387 e. The minimum absolute atomic E-state index is 0.0482. The average molecular weight is 402 g/mol. The highest BCUT2D eigenvalue weighted by atomic mass is 79.9. The summed E-state index contributed by atoms with van der Waals surface area (Å²) < 4.78 is 31.8. The quantitative estimate of drug-likeness (QED) is 0.771. The van der Waals surface area contributed by atoms with Crippen molar-refractivity contribution >= 4 is 21.8 Å². The zero-order valence-electron chi connectivity index (χ0n) is 13.4. The molecule has 0 aliphatic heterocycles. The molecule has 0 unspecified atom stereocenters. The van der Waals surface area contributed by atoms with Gasteiger partial charge in [-0.1, -0.05) is 15.9 Å². The second kappa shape index (κ2) is 8.23. The van der Waals surface area contributed by atoms with Gasteiger partial charge in [-0.3, -0.25) is 9.48 Å². The Kier molecular flexibility index (Phi) is 6.30. The third-order valence-corrected chi connectivity index (χ3v) is 3.86. The number of ether oxygens (including phenoxy) is 1. The lowest BCUT2D eigenvalue weighted by Crippen LogP contribution is -2.24. The number of amides is 1. The lowest BCUT2D eigenvalue weighted by molar-refractivity contribution is -0.121. The summed E-state index contributed by atoms with van der Waals surface area (Å²) in [5, 5.41) is 7.00. The van der Waals surface area contributed by atoms with Crippen molar-refractivity contribution < 1.29 is 18.3 Å². The summed E-state index contributed by atoms with van der Waals surface area (Å²) in [5.74, 6) is -0.141. The van der Waals surface area contributed by atoms with Crippen molar-refractivity contribution in [1.29, 1.82) is 0 Å². The number of carbonyl (C=O) groups is 1. The van der Waals surface area contributed by atoms with Crippen LogP contribution in [0.2, 0.25) is 0 Å². The van der Waals surface area contributed by atoms with Crippen molar-refractivity contribution in [1.82, 2.24) is 15.1 Å². The summed E-state index contributed by atoms with van der Waals surface area (Å²) in [5.41, 5.74) is 2.36. The van der Waals surface area contributed by atoms with E-state index in [0.29, 0.717) is 12.1 Å². The largest absolute Gasteiger partial charge is 0.434 e. The van der Waals surface area contributed by atoms with Crippen molar-refractivity contribution in [3.8, 4) is 5.75 Å². The second-order valence-electron chi connectivity index (χ2n) is 5.31. The maximum atomic E-state index is 12.4. The van der Waals surface area contributed by atoms with Gasteiger partial charge in [-0.05, 0) is 38.1 Å². The summed E-state index contributed by atoms with van der Waals surface area (Å²) >= 11 is 3.27. The van der Waals surface area contributed by atoms with Crippen LogP contribution < -0.4 is 10.1 Å². The van der Waals surface area contributed by atoms with Gasteiger partial charge in [-0.25, -0.2) is 0 Å². The fourth-order valence-corrected chi connectivity index (χ4v) is 2.70. The number of alkyl halides is 2. The number of aromatic nitrogens is 2. The number of halogens is 3. The van der Waals surface area contributed by atoms with Crippen molar-refractivity contribution in [2.24, 2.45) is 0 Å². The van der Waals surface area contributed by atoms with E-state index in [9.17, 15) is 13.6 Å². The van der Waals surface area contributed by atoms with Gasteiger partial charge in [0, 0.05) is 35.2 Å². The number of hydrogen-bond donors (Lipinski definition) is 1. The highest BCUT2D eigenvalue weighted by Gasteiger charge is 2.12. The molecule has 1 N–H and O–H groups in total. The Morgan fingerprint density at radius 2 is 2.12 bits per heavy atom. The predicted octanol–water partition coefficient (Wildman–Crippen LogP) is 3.57. The van der Waals surface area contributed by atoms with E-state index >= 15 is 0 Å². The zero-order chi connectivity index (χ0) is 17.7. The first-order chi connectivity index (χ1) is 11.3. The monoisotopic (exact) mass is 401 g/mol. The molecule has 0 aliphatic carbocycles. The van der Waals surface area contributed by atoms with Gasteiger partial charge in [-0.2, -0.15) is 13.9 Å². The Labute approximate surface area is 147 Å². The van der Waals surface area contributed by atoms with Gasteiger partial charge in [0.05, 0.1) is 5.69 Å². The molecule has 1 heterocycles. The highest BCUT2D eigenvalue weighted by Crippen LogP contribution is 2.24. The molecule has 0 atom stereocenters. The lowest BCUT2D eigenvalue weighted by Gasteiger charge is -2.12. The van der Waals surface area contributed by atoms with Crippen molar-refractivity contribution in [2.75, 3.05) is 0 Å². The SMILES string of the molecule is Cc1cc(C)n(CCC(=O)NCc2cc(Br)ccc2OC(F)F)n1. The molecule has 24 heavy (non-hydrogen) atoms. The lowest BCUT2D eigenvalue weighted by atomic mass is 10.2. The molecular weight excluding hydrogens is 384 g/mol. The minimum Gasteiger partial charge on any atom is -0.434 e. The zero-order valence-corrected chi connectivity index (χ0v) is 14.9. The molecule has 0 bridgehead atoms. The van der Waals surface area contributed by atoms with Gasteiger partial charge >= 0.3 is 6.61 Å². The second-order valence-corrected chi connectivity index (χ2v) is 6.22. The van der Waals surface area contributed by atoms with E-state index in [2.05, 4.69) is 31.1 Å². The molecule has 0 saturated carbocycles. The van der Waals surface area contributed by atoms with E-state index in [1.165, 1.54) is 6.07 Å². The first kappa shape index (κ1) is 18.4. The molecule has 0 radical (unpaired) electrons. The Morgan fingerprint density at radius 3 is 2.75 bits per heavy atom. The fourth-order valence-electron chi connectivity index (χ4n) is 2.29. The first-order valence-electron chi connectivity index (χ1n) is 7.36. The van der Waals surface area contributed by atoms with Crippen LogP contribution in [0.15, 0.2) is 28.7 Å². The van der Waals surface area contributed by atoms with E-state index < -0.39 is 6.61 Å². The van der Waals surface area contributed by atoms with Gasteiger partial charge in [0.25, 0.3) is 0 Å². The van der Waals surface area contributed by atoms with Crippen molar-refractivity contribution in [3.05, 3.63) is 45.7 Å². The van der Waals surface area contributed by atoms with Crippen LogP contribution in [0.3, 0.4) is 0 Å². The Balaban J connectivity index is 1.91. The molecule has 2 aromatic rings. The third-order valence-electron chi connectivity index (χ3n) is 3.37. The van der Waals surface area contributed by atoms with Crippen LogP contribution in [-0.4, -0.2) is 22.3 Å². The topological polar surface area (TPSA) is 56.2 Å². The van der Waals surface area contributed by atoms with Crippen LogP contribution >= 0.6 is 15.9 Å². The maximum absolute atomic E-state index is 12.4. The fraction of sp³-hybridized carbons (Fsp3) is 0.375. The standard InChI is InChI=1S/C16H18BrF2N3O2/c1-10-7-11(2)22(21-10)6-5-15(23)20-9-12-8-13(17)3-4-14(12)24-16(18)19/h3-4,7-8,16H,5-6,9H2,1-2H3,(H,20,23). The Morgan fingerprint density at radius 1 is 1.38 bits per heavy atom. The summed E-state index contributed by atoms with van der Waals surface area (Å²) in [6, 6.07) is 6.62. The number of nitrogens with zero attached hydrogens (tertiary/aromatic N) is 2. The van der Waals surface area contributed by atoms with Crippen LogP contribution in [0.5, 0.6) is 5.75 Å². The molecule has 8 heteroatoms. The molecular formula is C16H18BrF2N3O2. The summed E-state index contributed by atoms with van der Waals surface area (Å²) in [7, 11) is 0. The van der Waals surface area contributed by atoms with Gasteiger partial charge in [0.2, 0.25) is 5.91 Å². The molecule has 1 aromatic heterocycles. The molecule has 1 amide bonds. The molecule has 5 nitrogen and oxygen atoms in total. The van der Waals surface area contributed by atoms with Gasteiger partial charge in [-0.15, -0.1) is 0 Å². The predicted molar refractivity (Wildman–Crippen MR) is 88.9 cm³/mol.